The molecule has 1 saturated carbocycles. The number of anilines is 3. The molecule has 0 spiro atoms. The maximum atomic E-state index is 13.2. The molecule has 42 heavy (non-hydrogen) atoms. The number of para-hydroxylation sites is 1. The van der Waals surface area contributed by atoms with Crippen LogP contribution in [0.15, 0.2) is 53.1 Å². The summed E-state index contributed by atoms with van der Waals surface area (Å²) in [6.45, 7) is 9.47. The van der Waals surface area contributed by atoms with Crippen molar-refractivity contribution in [1.82, 2.24) is 10.5 Å². The summed E-state index contributed by atoms with van der Waals surface area (Å²) in [4.78, 5) is 40.6. The number of hydrogen-bond acceptors (Lipinski definition) is 9. The van der Waals surface area contributed by atoms with Gasteiger partial charge in [0.25, 0.3) is 11.8 Å². The fourth-order valence-corrected chi connectivity index (χ4v) is 5.36. The number of nitrogens with one attached hydrogen (secondary N) is 2. The molecule has 2 amide bonds. The lowest BCUT2D eigenvalue weighted by atomic mass is 10.1. The summed E-state index contributed by atoms with van der Waals surface area (Å²) in [5.41, 5.74) is 6.86. The zero-order valence-corrected chi connectivity index (χ0v) is 24.2. The molecule has 222 valence electrons. The predicted octanol–water partition coefficient (Wildman–Crippen LogP) is 4.25. The van der Waals surface area contributed by atoms with Crippen molar-refractivity contribution in [1.29, 1.82) is 0 Å². The van der Waals surface area contributed by atoms with E-state index >= 15 is 0 Å². The summed E-state index contributed by atoms with van der Waals surface area (Å²) in [7, 11) is 0. The lowest BCUT2D eigenvalue weighted by molar-refractivity contribution is -0.147. The standard InChI is InChI=1S/C31H37N5O6/c1-20-6-4-5-7-26(20)35-12-14-36(15-13-35)27-11-10-22(28(37)34-41-18-23-17-40-31(2,3)42-23)16-24(27)32-29(38)25-19-39-30(33-25)21-8-9-21/h4-7,10-11,16,19,21,23H,8-9,12-15,17-18H2,1-3H3,(H,32,38)(H,34,37)/t23-/m1/s1. The molecule has 0 radical (unpaired) electrons. The van der Waals surface area contributed by atoms with Crippen LogP contribution >= 0.6 is 0 Å². The number of benzene rings is 2. The highest BCUT2D eigenvalue weighted by atomic mass is 16.8. The fourth-order valence-electron chi connectivity index (χ4n) is 5.36. The van der Waals surface area contributed by atoms with Gasteiger partial charge in [-0.3, -0.25) is 14.4 Å². The van der Waals surface area contributed by atoms with E-state index in [9.17, 15) is 9.59 Å². The van der Waals surface area contributed by atoms with Gasteiger partial charge in [-0.1, -0.05) is 18.2 Å². The first-order valence-electron chi connectivity index (χ1n) is 14.5. The van der Waals surface area contributed by atoms with Gasteiger partial charge in [-0.05, 0) is 63.4 Å². The van der Waals surface area contributed by atoms with Crippen molar-refractivity contribution in [2.24, 2.45) is 0 Å². The molecule has 0 bridgehead atoms. The zero-order valence-electron chi connectivity index (χ0n) is 24.2. The maximum absolute atomic E-state index is 13.2. The topological polar surface area (TPSA) is 118 Å². The molecule has 11 heteroatoms. The number of aromatic nitrogens is 1. The van der Waals surface area contributed by atoms with Gasteiger partial charge >= 0.3 is 0 Å². The molecule has 2 saturated heterocycles. The minimum atomic E-state index is -0.671. The van der Waals surface area contributed by atoms with Gasteiger partial charge in [0.1, 0.15) is 19.0 Å². The van der Waals surface area contributed by atoms with Gasteiger partial charge in [-0.25, -0.2) is 10.5 Å². The second kappa shape index (κ2) is 11.7. The Kier molecular flexibility index (Phi) is 7.89. The van der Waals surface area contributed by atoms with E-state index in [0.717, 1.165) is 44.7 Å². The number of carbonyl (C=O) groups is 2. The van der Waals surface area contributed by atoms with E-state index in [2.05, 4.69) is 50.7 Å². The third-order valence-electron chi connectivity index (χ3n) is 7.77. The van der Waals surface area contributed by atoms with Crippen LogP contribution in [0.4, 0.5) is 17.1 Å². The van der Waals surface area contributed by atoms with Crippen molar-refractivity contribution in [3.8, 4) is 0 Å². The zero-order chi connectivity index (χ0) is 29.3. The predicted molar refractivity (Wildman–Crippen MR) is 157 cm³/mol. The SMILES string of the molecule is Cc1ccccc1N1CCN(c2ccc(C(=O)NOC[C@H]3COC(C)(C)O3)cc2NC(=O)c2coc(C3CC3)n2)CC1. The molecule has 3 heterocycles. The molecule has 2 aromatic carbocycles. The Balaban J connectivity index is 1.16. The molecule has 0 unspecified atom stereocenters. The van der Waals surface area contributed by atoms with Crippen molar-refractivity contribution in [3.05, 3.63) is 71.4 Å². The van der Waals surface area contributed by atoms with Crippen LogP contribution < -0.4 is 20.6 Å². The summed E-state index contributed by atoms with van der Waals surface area (Å²) in [6, 6.07) is 13.6. The third kappa shape index (κ3) is 6.43. The molecule has 6 rings (SSSR count). The Morgan fingerprint density at radius 3 is 2.45 bits per heavy atom. The number of nitrogens with zero attached hydrogens (tertiary/aromatic N) is 3. The van der Waals surface area contributed by atoms with Crippen LogP contribution in [0, 0.1) is 6.92 Å². The number of hydrogen-bond donors (Lipinski definition) is 2. The number of rotatable bonds is 9. The van der Waals surface area contributed by atoms with Crippen LogP contribution in [0.3, 0.4) is 0 Å². The maximum Gasteiger partial charge on any atom is 0.277 e. The van der Waals surface area contributed by atoms with Gasteiger partial charge in [0.05, 0.1) is 18.0 Å². The lowest BCUT2D eigenvalue weighted by Gasteiger charge is -2.38. The summed E-state index contributed by atoms with van der Waals surface area (Å²) in [5, 5.41) is 2.98. The first kappa shape index (κ1) is 28.2. The van der Waals surface area contributed by atoms with Gasteiger partial charge in [0.15, 0.2) is 17.4 Å². The molecule has 11 nitrogen and oxygen atoms in total. The van der Waals surface area contributed by atoms with E-state index in [-0.39, 0.29) is 24.3 Å². The Bertz CT molecular complexity index is 1440. The van der Waals surface area contributed by atoms with E-state index in [1.165, 1.54) is 17.5 Å². The molecular weight excluding hydrogens is 538 g/mol. The molecule has 2 aliphatic heterocycles. The van der Waals surface area contributed by atoms with Crippen LogP contribution in [-0.4, -0.2) is 68.1 Å². The highest BCUT2D eigenvalue weighted by molar-refractivity contribution is 6.06. The summed E-state index contributed by atoms with van der Waals surface area (Å²) in [5.74, 6) is -0.600. The third-order valence-corrected chi connectivity index (χ3v) is 7.77. The average molecular weight is 576 g/mol. The van der Waals surface area contributed by atoms with Crippen LogP contribution in [0.5, 0.6) is 0 Å². The van der Waals surface area contributed by atoms with E-state index in [1.807, 2.05) is 26.0 Å². The smallest absolute Gasteiger partial charge is 0.277 e. The van der Waals surface area contributed by atoms with Gasteiger partial charge in [-0.15, -0.1) is 0 Å². The van der Waals surface area contributed by atoms with E-state index < -0.39 is 11.7 Å². The number of amides is 2. The molecule has 1 aromatic heterocycles. The molecule has 2 N–H and O–H groups in total. The Labute approximate surface area is 245 Å². The van der Waals surface area contributed by atoms with Crippen LogP contribution in [0.1, 0.15) is 64.9 Å². The van der Waals surface area contributed by atoms with Gasteiger partial charge < -0.3 is 29.0 Å². The van der Waals surface area contributed by atoms with E-state index in [4.69, 9.17) is 18.7 Å². The first-order chi connectivity index (χ1) is 20.3. The van der Waals surface area contributed by atoms with Crippen LogP contribution in [0.2, 0.25) is 0 Å². The second-order valence-corrected chi connectivity index (χ2v) is 11.5. The highest BCUT2D eigenvalue weighted by Crippen LogP contribution is 2.39. The number of oxazole rings is 1. The van der Waals surface area contributed by atoms with Crippen molar-refractivity contribution >= 4 is 28.9 Å². The molecule has 3 aliphatic rings. The van der Waals surface area contributed by atoms with Crippen molar-refractivity contribution in [3.63, 3.8) is 0 Å². The lowest BCUT2D eigenvalue weighted by Crippen LogP contribution is -2.47. The van der Waals surface area contributed by atoms with Crippen molar-refractivity contribution < 1.29 is 28.3 Å². The van der Waals surface area contributed by atoms with Gasteiger partial charge in [0.2, 0.25) is 0 Å². The average Bonchev–Trinajstić information content (AvgIpc) is 3.60. The second-order valence-electron chi connectivity index (χ2n) is 11.5. The Morgan fingerprint density at radius 2 is 1.76 bits per heavy atom. The molecule has 3 fully saturated rings. The summed E-state index contributed by atoms with van der Waals surface area (Å²) >= 11 is 0. The van der Waals surface area contributed by atoms with E-state index in [1.54, 1.807) is 12.1 Å². The highest BCUT2D eigenvalue weighted by Gasteiger charge is 2.33. The number of carbonyl (C=O) groups excluding carboxylic acids is 2. The fraction of sp³-hybridized carbons (Fsp3) is 0.452. The normalized spacial score (nSPS) is 20.0. The van der Waals surface area contributed by atoms with Crippen LogP contribution in [-0.2, 0) is 14.3 Å². The molecule has 1 atom stereocenters. The number of ether oxygens (including phenoxy) is 2. The van der Waals surface area contributed by atoms with Crippen LogP contribution in [0.25, 0.3) is 0 Å². The minimum absolute atomic E-state index is 0.150. The largest absolute Gasteiger partial charge is 0.448 e. The molecule has 1 aliphatic carbocycles. The Morgan fingerprint density at radius 1 is 1.02 bits per heavy atom. The summed E-state index contributed by atoms with van der Waals surface area (Å²) < 4.78 is 16.8. The van der Waals surface area contributed by atoms with Crippen molar-refractivity contribution in [2.75, 3.05) is 54.5 Å². The van der Waals surface area contributed by atoms with Gasteiger partial charge in [-0.2, -0.15) is 0 Å². The summed E-state index contributed by atoms with van der Waals surface area (Å²) in [6.07, 6.45) is 3.16. The minimum Gasteiger partial charge on any atom is -0.448 e. The first-order valence-corrected chi connectivity index (χ1v) is 14.5. The number of hydroxylamine groups is 1. The van der Waals surface area contributed by atoms with E-state index in [0.29, 0.717) is 29.7 Å². The quantitative estimate of drug-likeness (QED) is 0.361. The molecule has 3 aromatic rings. The van der Waals surface area contributed by atoms with Crippen molar-refractivity contribution in [2.45, 2.75) is 51.4 Å². The van der Waals surface area contributed by atoms with Gasteiger partial charge in [0, 0.05) is 43.3 Å². The number of aryl methyl sites for hydroxylation is 1. The number of piperazine rings is 1. The Hall–Kier alpha value is -3.93. The monoisotopic (exact) mass is 575 g/mol. The molecular formula is C31H37N5O6.